The minimum atomic E-state index is -0.105. The van der Waals surface area contributed by atoms with Gasteiger partial charge in [-0.3, -0.25) is 0 Å². The molecule has 0 atom stereocenters. The average molecular weight is 201 g/mol. The van der Waals surface area contributed by atoms with Crippen molar-refractivity contribution in [3.8, 4) is 0 Å². The van der Waals surface area contributed by atoms with Crippen LogP contribution in [0.3, 0.4) is 0 Å². The second-order valence-corrected chi connectivity index (χ2v) is 4.03. The fourth-order valence-corrected chi connectivity index (χ4v) is 1.58. The summed E-state index contributed by atoms with van der Waals surface area (Å²) >= 11 is 1.31. The molecule has 1 fully saturated rings. The molecule has 2 heterocycles. The molecule has 13 heavy (non-hydrogen) atoms. The van der Waals surface area contributed by atoms with Gasteiger partial charge < -0.3 is 15.2 Å². The molecule has 0 spiro atoms. The van der Waals surface area contributed by atoms with Crippen LogP contribution in [-0.2, 0) is 4.74 Å². The molecule has 0 saturated carbocycles. The van der Waals surface area contributed by atoms with Crippen LogP contribution in [0.5, 0.6) is 0 Å². The number of hydrogen-bond acceptors (Lipinski definition) is 6. The number of aliphatic hydroxyl groups is 1. The van der Waals surface area contributed by atoms with Gasteiger partial charge in [-0.25, -0.2) is 4.98 Å². The van der Waals surface area contributed by atoms with Crippen molar-refractivity contribution in [1.82, 2.24) is 9.36 Å². The summed E-state index contributed by atoms with van der Waals surface area (Å²) < 4.78 is 8.93. The summed E-state index contributed by atoms with van der Waals surface area (Å²) in [6.07, 6.45) is 1.51. The zero-order valence-electron chi connectivity index (χ0n) is 7.06. The molecule has 1 aromatic heterocycles. The summed E-state index contributed by atoms with van der Waals surface area (Å²) in [5, 5.41) is 13.0. The summed E-state index contributed by atoms with van der Waals surface area (Å²) in [7, 11) is 0. The van der Waals surface area contributed by atoms with E-state index in [1.54, 1.807) is 0 Å². The second-order valence-electron chi connectivity index (χ2n) is 3.25. The first-order valence-electron chi connectivity index (χ1n) is 4.04. The number of nitrogens with zero attached hydrogens (tertiary/aromatic N) is 2. The molecule has 2 rings (SSSR count). The van der Waals surface area contributed by atoms with Crippen molar-refractivity contribution in [3.05, 3.63) is 6.33 Å². The van der Waals surface area contributed by atoms with Crippen molar-refractivity contribution in [3.63, 3.8) is 0 Å². The minimum absolute atomic E-state index is 0.105. The Kier molecular flexibility index (Phi) is 2.43. The van der Waals surface area contributed by atoms with E-state index in [2.05, 4.69) is 14.7 Å². The fourth-order valence-electron chi connectivity index (χ4n) is 1.15. The molecule has 72 valence electrons. The number of aliphatic hydroxyl groups excluding tert-OH is 1. The Morgan fingerprint density at radius 3 is 3.00 bits per heavy atom. The Morgan fingerprint density at radius 2 is 2.54 bits per heavy atom. The van der Waals surface area contributed by atoms with Gasteiger partial charge in [0.15, 0.2) is 0 Å². The van der Waals surface area contributed by atoms with Crippen LogP contribution in [0.25, 0.3) is 0 Å². The van der Waals surface area contributed by atoms with E-state index in [0.29, 0.717) is 19.8 Å². The molecule has 0 bridgehead atoms. The van der Waals surface area contributed by atoms with Gasteiger partial charge in [-0.15, -0.1) is 0 Å². The van der Waals surface area contributed by atoms with Crippen LogP contribution < -0.4 is 5.32 Å². The second kappa shape index (κ2) is 3.57. The maximum Gasteiger partial charge on any atom is 0.202 e. The lowest BCUT2D eigenvalue weighted by atomic mass is 9.87. The Labute approximate surface area is 79.9 Å². The van der Waals surface area contributed by atoms with Gasteiger partial charge in [0.25, 0.3) is 0 Å². The number of nitrogens with one attached hydrogen (secondary N) is 1. The zero-order chi connectivity index (χ0) is 9.15. The fraction of sp³-hybridized carbons (Fsp3) is 0.714. The molecule has 5 nitrogen and oxygen atoms in total. The van der Waals surface area contributed by atoms with Crippen molar-refractivity contribution >= 4 is 16.7 Å². The predicted molar refractivity (Wildman–Crippen MR) is 48.7 cm³/mol. The van der Waals surface area contributed by atoms with E-state index in [9.17, 15) is 0 Å². The first kappa shape index (κ1) is 8.86. The number of aromatic nitrogens is 2. The lowest BCUT2D eigenvalue weighted by Crippen LogP contribution is -2.50. The molecule has 1 saturated heterocycles. The van der Waals surface area contributed by atoms with Crippen LogP contribution in [0.4, 0.5) is 5.13 Å². The van der Waals surface area contributed by atoms with E-state index in [1.807, 2.05) is 0 Å². The van der Waals surface area contributed by atoms with E-state index < -0.39 is 0 Å². The first-order chi connectivity index (χ1) is 6.35. The number of rotatable bonds is 4. The minimum Gasteiger partial charge on any atom is -0.396 e. The quantitative estimate of drug-likeness (QED) is 0.715. The van der Waals surface area contributed by atoms with Crippen LogP contribution in [-0.4, -0.2) is 40.8 Å². The third-order valence-corrected chi connectivity index (χ3v) is 2.75. The molecule has 1 aromatic rings. The maximum atomic E-state index is 9.11. The zero-order valence-corrected chi connectivity index (χ0v) is 7.88. The highest BCUT2D eigenvalue weighted by molar-refractivity contribution is 7.09. The SMILES string of the molecule is OCC1(CNc2ncns2)COC1. The lowest BCUT2D eigenvalue weighted by molar-refractivity contribution is -0.128. The van der Waals surface area contributed by atoms with E-state index in [0.717, 1.165) is 5.13 Å². The van der Waals surface area contributed by atoms with Gasteiger partial charge in [0.05, 0.1) is 25.2 Å². The van der Waals surface area contributed by atoms with Gasteiger partial charge >= 0.3 is 0 Å². The van der Waals surface area contributed by atoms with E-state index in [-0.39, 0.29) is 12.0 Å². The monoisotopic (exact) mass is 201 g/mol. The Bertz CT molecular complexity index is 255. The molecule has 0 unspecified atom stereocenters. The molecule has 0 aromatic carbocycles. The number of ether oxygens (including phenoxy) is 1. The first-order valence-corrected chi connectivity index (χ1v) is 4.81. The van der Waals surface area contributed by atoms with Crippen molar-refractivity contribution in [1.29, 1.82) is 0 Å². The third-order valence-electron chi connectivity index (χ3n) is 2.13. The molecule has 1 aliphatic heterocycles. The van der Waals surface area contributed by atoms with Crippen LogP contribution in [0.2, 0.25) is 0 Å². The van der Waals surface area contributed by atoms with Gasteiger partial charge in [0, 0.05) is 18.1 Å². The van der Waals surface area contributed by atoms with Crippen molar-refractivity contribution in [2.24, 2.45) is 5.41 Å². The van der Waals surface area contributed by atoms with E-state index in [1.165, 1.54) is 17.9 Å². The van der Waals surface area contributed by atoms with E-state index >= 15 is 0 Å². The molecular formula is C7H11N3O2S. The molecule has 1 aliphatic rings. The molecule has 6 heteroatoms. The van der Waals surface area contributed by atoms with E-state index in [4.69, 9.17) is 9.84 Å². The highest BCUT2D eigenvalue weighted by atomic mass is 32.1. The van der Waals surface area contributed by atoms with Gasteiger partial charge in [-0.2, -0.15) is 4.37 Å². The van der Waals surface area contributed by atoms with Crippen LogP contribution in [0.15, 0.2) is 6.33 Å². The number of hydrogen-bond donors (Lipinski definition) is 2. The van der Waals surface area contributed by atoms with Gasteiger partial charge in [-0.05, 0) is 0 Å². The largest absolute Gasteiger partial charge is 0.396 e. The summed E-state index contributed by atoms with van der Waals surface area (Å²) in [5.74, 6) is 0. The molecule has 0 radical (unpaired) electrons. The normalized spacial score (nSPS) is 19.5. The molecular weight excluding hydrogens is 190 g/mol. The van der Waals surface area contributed by atoms with Gasteiger partial charge in [0.2, 0.25) is 5.13 Å². The van der Waals surface area contributed by atoms with Crippen molar-refractivity contribution < 1.29 is 9.84 Å². The topological polar surface area (TPSA) is 67.3 Å². The Balaban J connectivity index is 1.84. The predicted octanol–water partition coefficient (Wildman–Crippen LogP) is -0.0411. The number of anilines is 1. The smallest absolute Gasteiger partial charge is 0.202 e. The molecule has 2 N–H and O–H groups in total. The third kappa shape index (κ3) is 1.79. The standard InChI is InChI=1S/C7H11N3O2S/c11-2-7(3-12-4-7)1-8-6-9-5-10-13-6/h5,11H,1-4H2,(H,8,9,10). The van der Waals surface area contributed by atoms with Crippen LogP contribution in [0, 0.1) is 5.41 Å². The average Bonchev–Trinajstić information content (AvgIpc) is 2.56. The van der Waals surface area contributed by atoms with Crippen LogP contribution >= 0.6 is 11.5 Å². The lowest BCUT2D eigenvalue weighted by Gasteiger charge is -2.39. The van der Waals surface area contributed by atoms with Crippen molar-refractivity contribution in [2.75, 3.05) is 31.7 Å². The van der Waals surface area contributed by atoms with Crippen molar-refractivity contribution in [2.45, 2.75) is 0 Å². The summed E-state index contributed by atoms with van der Waals surface area (Å²) in [4.78, 5) is 3.99. The Hall–Kier alpha value is -0.720. The molecule has 0 amide bonds. The summed E-state index contributed by atoms with van der Waals surface area (Å²) in [6, 6.07) is 0. The van der Waals surface area contributed by atoms with Crippen LogP contribution in [0.1, 0.15) is 0 Å². The van der Waals surface area contributed by atoms with Gasteiger partial charge in [0.1, 0.15) is 6.33 Å². The van der Waals surface area contributed by atoms with Gasteiger partial charge in [-0.1, -0.05) is 0 Å². The molecule has 0 aliphatic carbocycles. The Morgan fingerprint density at radius 1 is 1.69 bits per heavy atom. The maximum absolute atomic E-state index is 9.11. The summed E-state index contributed by atoms with van der Waals surface area (Å²) in [6.45, 7) is 2.09. The highest BCUT2D eigenvalue weighted by Crippen LogP contribution is 2.27. The summed E-state index contributed by atoms with van der Waals surface area (Å²) in [5.41, 5.74) is -0.105. The highest BCUT2D eigenvalue weighted by Gasteiger charge is 2.37.